The fourth-order valence-electron chi connectivity index (χ4n) is 5.48. The van der Waals surface area contributed by atoms with Gasteiger partial charge in [-0.25, -0.2) is 9.97 Å². The minimum Gasteiger partial charge on any atom is -0.406 e. The summed E-state index contributed by atoms with van der Waals surface area (Å²) in [6, 6.07) is 18.4. The van der Waals surface area contributed by atoms with Crippen molar-refractivity contribution in [2.45, 2.75) is 64.6 Å². The third-order valence-electron chi connectivity index (χ3n) is 7.35. The van der Waals surface area contributed by atoms with Crippen LogP contribution in [0.3, 0.4) is 0 Å². The van der Waals surface area contributed by atoms with Gasteiger partial charge in [-0.1, -0.05) is 24.3 Å². The van der Waals surface area contributed by atoms with Crippen LogP contribution in [0.4, 0.5) is 18.9 Å². The number of imidazole rings is 1. The van der Waals surface area contributed by atoms with Crippen LogP contribution in [0.1, 0.15) is 50.2 Å². The van der Waals surface area contributed by atoms with Crippen molar-refractivity contribution in [1.82, 2.24) is 25.2 Å². The molecule has 4 aromatic rings. The van der Waals surface area contributed by atoms with Crippen LogP contribution in [0.25, 0.3) is 11.2 Å². The Morgan fingerprint density at radius 2 is 1.76 bits per heavy atom. The smallest absolute Gasteiger partial charge is 0.406 e. The number of carbonyl (C=O) groups is 1. The monoisotopic (exact) mass is 580 g/mol. The first-order valence-corrected chi connectivity index (χ1v) is 14.1. The number of benzene rings is 2. The minimum absolute atomic E-state index is 0.100. The predicted octanol–water partition coefficient (Wildman–Crippen LogP) is 5.37. The molecule has 2 N–H and O–H groups in total. The van der Waals surface area contributed by atoms with Crippen LogP contribution in [-0.4, -0.2) is 52.0 Å². The molecule has 1 aliphatic rings. The molecule has 11 heteroatoms. The number of piperazine rings is 1. The van der Waals surface area contributed by atoms with Crippen LogP contribution in [0.2, 0.25) is 0 Å². The van der Waals surface area contributed by atoms with Crippen molar-refractivity contribution in [2.24, 2.45) is 0 Å². The molecule has 2 aromatic carbocycles. The molecule has 0 aliphatic carbocycles. The maximum absolute atomic E-state index is 12.9. The van der Waals surface area contributed by atoms with Gasteiger partial charge in [0.2, 0.25) is 5.91 Å². The van der Waals surface area contributed by atoms with Gasteiger partial charge in [0.25, 0.3) is 0 Å². The van der Waals surface area contributed by atoms with Gasteiger partial charge in [0.15, 0.2) is 5.65 Å². The Hall–Kier alpha value is -4.12. The van der Waals surface area contributed by atoms with Gasteiger partial charge in [-0.05, 0) is 68.3 Å². The maximum Gasteiger partial charge on any atom is 0.573 e. The minimum atomic E-state index is -4.75. The van der Waals surface area contributed by atoms with Gasteiger partial charge in [-0.2, -0.15) is 0 Å². The summed E-state index contributed by atoms with van der Waals surface area (Å²) < 4.78 is 43.5. The number of fused-ring (bicyclic) bond motifs is 1. The zero-order valence-electron chi connectivity index (χ0n) is 23.9. The molecular weight excluding hydrogens is 545 g/mol. The summed E-state index contributed by atoms with van der Waals surface area (Å²) in [5.41, 5.74) is 4.28. The number of anilines is 1. The molecule has 0 bridgehead atoms. The van der Waals surface area contributed by atoms with Gasteiger partial charge >= 0.3 is 6.36 Å². The molecule has 1 aliphatic heterocycles. The molecule has 1 fully saturated rings. The highest BCUT2D eigenvalue weighted by Crippen LogP contribution is 2.25. The molecular formula is C31H35F3N6O2. The van der Waals surface area contributed by atoms with Gasteiger partial charge < -0.3 is 24.8 Å². The number of hydrogen-bond donors (Lipinski definition) is 2. The molecule has 42 heavy (non-hydrogen) atoms. The molecule has 0 spiro atoms. The molecule has 3 atom stereocenters. The summed E-state index contributed by atoms with van der Waals surface area (Å²) in [6.07, 6.45) is -2.49. The largest absolute Gasteiger partial charge is 0.573 e. The summed E-state index contributed by atoms with van der Waals surface area (Å²) >= 11 is 0. The summed E-state index contributed by atoms with van der Waals surface area (Å²) in [5.74, 6) is 0.288. The summed E-state index contributed by atoms with van der Waals surface area (Å²) in [4.78, 5) is 24.5. The van der Waals surface area contributed by atoms with Crippen LogP contribution in [0.5, 0.6) is 5.75 Å². The summed E-state index contributed by atoms with van der Waals surface area (Å²) in [7, 11) is 0. The van der Waals surface area contributed by atoms with Crippen molar-refractivity contribution in [3.8, 4) is 5.75 Å². The van der Waals surface area contributed by atoms with E-state index in [4.69, 9.17) is 0 Å². The van der Waals surface area contributed by atoms with E-state index in [0.717, 1.165) is 24.2 Å². The highest BCUT2D eigenvalue weighted by Gasteiger charge is 2.31. The third kappa shape index (κ3) is 7.39. The second-order valence-corrected chi connectivity index (χ2v) is 10.9. The number of aromatic nitrogens is 3. The lowest BCUT2D eigenvalue weighted by Crippen LogP contribution is -2.54. The van der Waals surface area contributed by atoms with Crippen LogP contribution >= 0.6 is 0 Å². The standard InChI is InChI=1S/C31H35F3N6O2/c1-20-17-39(18-21(2)36-20)25-10-8-24(9-11-25)22(3)37-29(41)15-14-28-38-27-5-4-16-35-30(27)40(28)19-23-6-12-26(13-7-23)42-31(32,33)34/h4-13,16,20-22,36H,14-15,17-19H2,1-3H3,(H,37,41)/t20?,21?,22-/m0/s1. The van der Waals surface area contributed by atoms with Gasteiger partial charge in [0.05, 0.1) is 12.6 Å². The van der Waals surface area contributed by atoms with E-state index in [0.29, 0.717) is 42.0 Å². The number of aryl methyl sites for hydroxylation is 1. The lowest BCUT2D eigenvalue weighted by molar-refractivity contribution is -0.274. The predicted molar refractivity (Wildman–Crippen MR) is 155 cm³/mol. The fourth-order valence-corrected chi connectivity index (χ4v) is 5.48. The lowest BCUT2D eigenvalue weighted by atomic mass is 10.1. The number of hydrogen-bond acceptors (Lipinski definition) is 6. The Labute approximate surface area is 242 Å². The lowest BCUT2D eigenvalue weighted by Gasteiger charge is -2.37. The maximum atomic E-state index is 12.9. The molecule has 0 radical (unpaired) electrons. The molecule has 1 saturated heterocycles. The molecule has 0 saturated carbocycles. The Kier molecular flexibility index (Phi) is 8.67. The number of pyridine rings is 1. The average Bonchev–Trinajstić information content (AvgIpc) is 3.29. The molecule has 8 nitrogen and oxygen atoms in total. The number of nitrogens with one attached hydrogen (secondary N) is 2. The van der Waals surface area contributed by atoms with E-state index in [1.807, 2.05) is 17.6 Å². The number of rotatable bonds is 9. The Balaban J connectivity index is 1.21. The highest BCUT2D eigenvalue weighted by atomic mass is 19.4. The van der Waals surface area contributed by atoms with Gasteiger partial charge in [0.1, 0.15) is 17.1 Å². The number of halogens is 3. The van der Waals surface area contributed by atoms with Gasteiger partial charge in [0, 0.05) is 49.9 Å². The van der Waals surface area contributed by atoms with Crippen molar-refractivity contribution in [2.75, 3.05) is 18.0 Å². The first-order valence-electron chi connectivity index (χ1n) is 14.1. The molecule has 2 aromatic heterocycles. The second kappa shape index (κ2) is 12.4. The van der Waals surface area contributed by atoms with Crippen molar-refractivity contribution in [1.29, 1.82) is 0 Å². The first-order chi connectivity index (χ1) is 20.0. The molecule has 2 unspecified atom stereocenters. The average molecular weight is 581 g/mol. The molecule has 1 amide bonds. The van der Waals surface area contributed by atoms with Crippen molar-refractivity contribution in [3.05, 3.63) is 83.8 Å². The molecule has 5 rings (SSSR count). The number of nitrogens with zero attached hydrogens (tertiary/aromatic N) is 4. The third-order valence-corrected chi connectivity index (χ3v) is 7.35. The number of ether oxygens (including phenoxy) is 1. The quantitative estimate of drug-likeness (QED) is 0.277. The second-order valence-electron chi connectivity index (χ2n) is 10.9. The van der Waals surface area contributed by atoms with Crippen LogP contribution < -0.4 is 20.3 Å². The molecule has 222 valence electrons. The van der Waals surface area contributed by atoms with Crippen molar-refractivity contribution in [3.63, 3.8) is 0 Å². The Bertz CT molecular complexity index is 1490. The van der Waals surface area contributed by atoms with E-state index in [2.05, 4.69) is 68.4 Å². The van der Waals surface area contributed by atoms with Gasteiger partial charge in [-0.15, -0.1) is 13.2 Å². The van der Waals surface area contributed by atoms with Gasteiger partial charge in [-0.3, -0.25) is 4.79 Å². The zero-order valence-corrected chi connectivity index (χ0v) is 23.9. The zero-order chi connectivity index (χ0) is 29.9. The highest BCUT2D eigenvalue weighted by molar-refractivity contribution is 5.77. The van der Waals surface area contributed by atoms with Crippen molar-refractivity contribution < 1.29 is 22.7 Å². The fraction of sp³-hybridized carbons (Fsp3) is 0.387. The number of amides is 1. The first kappa shape index (κ1) is 29.4. The van der Waals surface area contributed by atoms with Crippen LogP contribution in [0, 0.1) is 0 Å². The SMILES string of the molecule is CC1CN(c2ccc([C@H](C)NC(=O)CCc3nc4cccnc4n3Cc3ccc(OC(F)(F)F)cc3)cc2)CC(C)N1. The Morgan fingerprint density at radius 1 is 1.07 bits per heavy atom. The van der Waals surface area contributed by atoms with E-state index in [1.54, 1.807) is 24.4 Å². The molecule has 3 heterocycles. The normalized spacial score (nSPS) is 18.2. The van der Waals surface area contributed by atoms with E-state index in [-0.39, 0.29) is 24.1 Å². The van der Waals surface area contributed by atoms with E-state index in [9.17, 15) is 18.0 Å². The summed E-state index contributed by atoms with van der Waals surface area (Å²) in [6.45, 7) is 8.59. The number of alkyl halides is 3. The van der Waals surface area contributed by atoms with Crippen LogP contribution in [-0.2, 0) is 17.8 Å². The van der Waals surface area contributed by atoms with Crippen LogP contribution in [0.15, 0.2) is 66.9 Å². The number of carbonyl (C=O) groups excluding carboxylic acids is 1. The summed E-state index contributed by atoms with van der Waals surface area (Å²) in [5, 5.41) is 6.63. The Morgan fingerprint density at radius 3 is 2.43 bits per heavy atom. The van der Waals surface area contributed by atoms with Crippen molar-refractivity contribution >= 4 is 22.8 Å². The van der Waals surface area contributed by atoms with E-state index in [1.165, 1.54) is 17.8 Å². The topological polar surface area (TPSA) is 84.3 Å². The van der Waals surface area contributed by atoms with E-state index >= 15 is 0 Å². The van der Waals surface area contributed by atoms with E-state index < -0.39 is 6.36 Å².